The van der Waals surface area contributed by atoms with Crippen LogP contribution in [0, 0.1) is 5.41 Å². The molecule has 0 N–H and O–H groups in total. The van der Waals surface area contributed by atoms with Crippen LogP contribution >= 0.6 is 15.9 Å². The lowest BCUT2D eigenvalue weighted by Crippen LogP contribution is -2.61. The highest BCUT2D eigenvalue weighted by molar-refractivity contribution is 9.10. The Hall–Kier alpha value is -1.37. The number of ether oxygens (including phenoxy) is 1. The Bertz CT molecular complexity index is 569. The third kappa shape index (κ3) is 3.76. The Labute approximate surface area is 145 Å². The molecule has 0 bridgehead atoms. The molecule has 0 saturated carbocycles. The zero-order chi connectivity index (χ0) is 16.7. The molecule has 1 spiro atoms. The molecule has 2 aliphatic rings. The van der Waals surface area contributed by atoms with Crippen molar-refractivity contribution < 1.29 is 9.53 Å². The van der Waals surface area contributed by atoms with Gasteiger partial charge in [-0.1, -0.05) is 0 Å². The lowest BCUT2D eigenvalue weighted by Gasteiger charge is -2.54. The van der Waals surface area contributed by atoms with Crippen molar-refractivity contribution in [1.29, 1.82) is 0 Å². The second kappa shape index (κ2) is 5.92. The summed E-state index contributed by atoms with van der Waals surface area (Å²) < 4.78 is 6.20. The normalized spacial score (nSPS) is 20.3. The van der Waals surface area contributed by atoms with Crippen LogP contribution in [0.3, 0.4) is 0 Å². The van der Waals surface area contributed by atoms with Gasteiger partial charge in [-0.2, -0.15) is 0 Å². The summed E-state index contributed by atoms with van der Waals surface area (Å²) in [6.07, 6.45) is 5.37. The molecular weight excluding hydrogens is 360 g/mol. The van der Waals surface area contributed by atoms with Gasteiger partial charge >= 0.3 is 6.09 Å². The number of aromatic nitrogens is 2. The van der Waals surface area contributed by atoms with Crippen molar-refractivity contribution in [1.82, 2.24) is 14.9 Å². The fourth-order valence-electron chi connectivity index (χ4n) is 3.20. The second-order valence-corrected chi connectivity index (χ2v) is 8.33. The van der Waals surface area contributed by atoms with Gasteiger partial charge in [0.25, 0.3) is 0 Å². The Morgan fingerprint density at radius 1 is 1.22 bits per heavy atom. The molecule has 3 rings (SSSR count). The van der Waals surface area contributed by atoms with Crippen molar-refractivity contribution in [3.05, 3.63) is 17.0 Å². The van der Waals surface area contributed by atoms with E-state index >= 15 is 0 Å². The van der Waals surface area contributed by atoms with Gasteiger partial charge in [0, 0.05) is 31.6 Å². The molecule has 0 aromatic carbocycles. The molecule has 1 aromatic heterocycles. The van der Waals surface area contributed by atoms with E-state index in [-0.39, 0.29) is 6.09 Å². The van der Waals surface area contributed by atoms with Gasteiger partial charge in [-0.3, -0.25) is 0 Å². The number of likely N-dealkylation sites (tertiary alicyclic amines) is 1. The van der Waals surface area contributed by atoms with E-state index in [1.54, 1.807) is 12.4 Å². The highest BCUT2D eigenvalue weighted by Crippen LogP contribution is 2.42. The van der Waals surface area contributed by atoms with E-state index < -0.39 is 5.60 Å². The number of piperidine rings is 1. The molecule has 6 nitrogen and oxygen atoms in total. The number of rotatable bonds is 1. The summed E-state index contributed by atoms with van der Waals surface area (Å²) in [5.74, 6) is 0.924. The van der Waals surface area contributed by atoms with Gasteiger partial charge in [-0.15, -0.1) is 0 Å². The minimum atomic E-state index is -0.431. The number of hydrogen-bond acceptors (Lipinski definition) is 5. The van der Waals surface area contributed by atoms with Crippen molar-refractivity contribution in [2.45, 2.75) is 39.2 Å². The van der Waals surface area contributed by atoms with Crippen LogP contribution in [0.2, 0.25) is 0 Å². The Kier molecular flexibility index (Phi) is 4.25. The molecule has 0 radical (unpaired) electrons. The zero-order valence-electron chi connectivity index (χ0n) is 13.9. The lowest BCUT2D eigenvalue weighted by molar-refractivity contribution is 0.00589. The van der Waals surface area contributed by atoms with E-state index in [9.17, 15) is 4.79 Å². The first-order valence-electron chi connectivity index (χ1n) is 7.97. The van der Waals surface area contributed by atoms with Gasteiger partial charge in [-0.05, 0) is 49.5 Å². The van der Waals surface area contributed by atoms with Crippen LogP contribution in [0.25, 0.3) is 0 Å². The van der Waals surface area contributed by atoms with Crippen LogP contribution in [-0.2, 0) is 4.74 Å². The maximum absolute atomic E-state index is 12.1. The fourth-order valence-corrected chi connectivity index (χ4v) is 3.41. The van der Waals surface area contributed by atoms with Crippen molar-refractivity contribution in [3.8, 4) is 0 Å². The third-order valence-electron chi connectivity index (χ3n) is 4.46. The molecule has 126 valence electrons. The Balaban J connectivity index is 1.50. The lowest BCUT2D eigenvalue weighted by atomic mass is 9.72. The predicted molar refractivity (Wildman–Crippen MR) is 91.4 cm³/mol. The van der Waals surface area contributed by atoms with Crippen LogP contribution in [0.4, 0.5) is 10.6 Å². The molecule has 0 unspecified atom stereocenters. The Morgan fingerprint density at radius 2 is 1.87 bits per heavy atom. The summed E-state index contributed by atoms with van der Waals surface area (Å²) in [6.45, 7) is 9.23. The molecule has 2 fully saturated rings. The molecule has 0 aliphatic carbocycles. The topological polar surface area (TPSA) is 58.6 Å². The smallest absolute Gasteiger partial charge is 0.410 e. The first-order chi connectivity index (χ1) is 10.8. The molecular formula is C16H23BrN4O2. The first kappa shape index (κ1) is 16.5. The minimum absolute atomic E-state index is 0.192. The molecule has 2 saturated heterocycles. The monoisotopic (exact) mass is 382 g/mol. The van der Waals surface area contributed by atoms with Gasteiger partial charge < -0.3 is 14.5 Å². The van der Waals surface area contributed by atoms with Crippen molar-refractivity contribution in [2.75, 3.05) is 31.1 Å². The Morgan fingerprint density at radius 3 is 2.39 bits per heavy atom. The fraction of sp³-hybridized carbons (Fsp3) is 0.688. The van der Waals surface area contributed by atoms with E-state index in [2.05, 4.69) is 30.8 Å². The molecule has 7 heteroatoms. The predicted octanol–water partition coefficient (Wildman–Crippen LogP) is 3.08. The molecule has 3 heterocycles. The van der Waals surface area contributed by atoms with E-state index in [0.717, 1.165) is 49.4 Å². The van der Waals surface area contributed by atoms with Crippen LogP contribution in [0.5, 0.6) is 0 Å². The van der Waals surface area contributed by atoms with Crippen LogP contribution in [0.15, 0.2) is 17.0 Å². The van der Waals surface area contributed by atoms with Crippen molar-refractivity contribution in [3.63, 3.8) is 0 Å². The quantitative estimate of drug-likeness (QED) is 0.746. The standard InChI is InChI=1S/C16H23BrN4O2/c1-15(2,3)23-14(22)20-6-4-16(5-7-20)10-21(11-16)13-9-18-12(17)8-19-13/h8-9H,4-7,10-11H2,1-3H3. The third-order valence-corrected chi connectivity index (χ3v) is 4.87. The average Bonchev–Trinajstić information content (AvgIpc) is 2.44. The summed E-state index contributed by atoms with van der Waals surface area (Å²) in [6, 6.07) is 0. The molecule has 23 heavy (non-hydrogen) atoms. The number of nitrogens with zero attached hydrogens (tertiary/aromatic N) is 4. The van der Waals surface area contributed by atoms with Crippen LogP contribution in [0.1, 0.15) is 33.6 Å². The minimum Gasteiger partial charge on any atom is -0.444 e. The number of carbonyl (C=O) groups excluding carboxylic acids is 1. The summed E-state index contributed by atoms with van der Waals surface area (Å²) in [4.78, 5) is 24.8. The largest absolute Gasteiger partial charge is 0.444 e. The highest BCUT2D eigenvalue weighted by Gasteiger charge is 2.46. The number of amides is 1. The van der Waals surface area contributed by atoms with Gasteiger partial charge in [0.05, 0.1) is 12.4 Å². The van der Waals surface area contributed by atoms with Gasteiger partial charge in [-0.25, -0.2) is 14.8 Å². The number of carbonyl (C=O) groups is 1. The first-order valence-corrected chi connectivity index (χ1v) is 8.76. The van der Waals surface area contributed by atoms with E-state index in [1.807, 2.05) is 25.7 Å². The maximum atomic E-state index is 12.1. The van der Waals surface area contributed by atoms with Gasteiger partial charge in [0.1, 0.15) is 16.0 Å². The van der Waals surface area contributed by atoms with E-state index in [0.29, 0.717) is 5.41 Å². The summed E-state index contributed by atoms with van der Waals surface area (Å²) in [5.41, 5.74) is -0.118. The zero-order valence-corrected chi connectivity index (χ0v) is 15.5. The van der Waals surface area contributed by atoms with Gasteiger partial charge in [0.15, 0.2) is 0 Å². The summed E-state index contributed by atoms with van der Waals surface area (Å²) >= 11 is 3.30. The van der Waals surface area contributed by atoms with Crippen LogP contribution < -0.4 is 4.90 Å². The molecule has 1 aromatic rings. The number of hydrogen-bond donors (Lipinski definition) is 0. The molecule has 2 aliphatic heterocycles. The molecule has 1 amide bonds. The second-order valence-electron chi connectivity index (χ2n) is 7.52. The highest BCUT2D eigenvalue weighted by atomic mass is 79.9. The maximum Gasteiger partial charge on any atom is 0.410 e. The number of anilines is 1. The van der Waals surface area contributed by atoms with Gasteiger partial charge in [0.2, 0.25) is 0 Å². The SMILES string of the molecule is CC(C)(C)OC(=O)N1CCC2(CC1)CN(c1cnc(Br)cn1)C2. The summed E-state index contributed by atoms with van der Waals surface area (Å²) in [7, 11) is 0. The van der Waals surface area contributed by atoms with Crippen LogP contribution in [-0.4, -0.2) is 52.7 Å². The van der Waals surface area contributed by atoms with E-state index in [1.165, 1.54) is 0 Å². The van der Waals surface area contributed by atoms with Crippen molar-refractivity contribution in [2.24, 2.45) is 5.41 Å². The molecule has 0 atom stereocenters. The van der Waals surface area contributed by atoms with Crippen molar-refractivity contribution >= 4 is 27.8 Å². The average molecular weight is 383 g/mol. The number of halogens is 1. The van der Waals surface area contributed by atoms with E-state index in [4.69, 9.17) is 4.74 Å². The summed E-state index contributed by atoms with van der Waals surface area (Å²) in [5, 5.41) is 0.